The van der Waals surface area contributed by atoms with Crippen LogP contribution in [0.25, 0.3) is 22.9 Å². The number of ether oxygens (including phenoxy) is 1. The number of nitriles is 1. The van der Waals surface area contributed by atoms with Crippen LogP contribution in [0.5, 0.6) is 0 Å². The number of pyridine rings is 1. The number of benzene rings is 2. The number of aromatic nitrogens is 1. The third kappa shape index (κ3) is 4.48. The predicted octanol–water partition coefficient (Wildman–Crippen LogP) is 2.84. The average molecular weight is 466 g/mol. The SMILES string of the molecule is C[C@@H]1CN(c2ccc(-c3cnc4c(c3N(C)C)=CNCC=4c3ccc(C#N)cc3)cc2)C[C@H](C)O1. The summed E-state index contributed by atoms with van der Waals surface area (Å²) in [4.78, 5) is 9.51. The number of nitrogens with zero attached hydrogens (tertiary/aromatic N) is 4. The van der Waals surface area contributed by atoms with Gasteiger partial charge in [-0.3, -0.25) is 4.98 Å². The highest BCUT2D eigenvalue weighted by Crippen LogP contribution is 2.29. The van der Waals surface area contributed by atoms with Crippen LogP contribution in [0.1, 0.15) is 25.0 Å². The monoisotopic (exact) mass is 465 g/mol. The molecule has 35 heavy (non-hydrogen) atoms. The van der Waals surface area contributed by atoms with E-state index in [0.717, 1.165) is 51.6 Å². The van der Waals surface area contributed by atoms with Crippen molar-refractivity contribution in [2.24, 2.45) is 0 Å². The van der Waals surface area contributed by atoms with Gasteiger partial charge in [-0.1, -0.05) is 24.3 Å². The largest absolute Gasteiger partial charge is 0.386 e. The molecule has 0 radical (unpaired) electrons. The second kappa shape index (κ2) is 9.44. The molecular weight excluding hydrogens is 434 g/mol. The van der Waals surface area contributed by atoms with Crippen molar-refractivity contribution in [1.29, 1.82) is 5.26 Å². The van der Waals surface area contributed by atoms with Crippen molar-refractivity contribution >= 4 is 23.1 Å². The fourth-order valence-electron chi connectivity index (χ4n) is 5.15. The van der Waals surface area contributed by atoms with Gasteiger partial charge in [0.2, 0.25) is 0 Å². The Labute approximate surface area is 206 Å². The summed E-state index contributed by atoms with van der Waals surface area (Å²) in [5.74, 6) is 0. The van der Waals surface area contributed by atoms with Gasteiger partial charge in [0.1, 0.15) is 0 Å². The first-order chi connectivity index (χ1) is 16.9. The van der Waals surface area contributed by atoms with E-state index >= 15 is 0 Å². The second-order valence-corrected chi connectivity index (χ2v) is 9.58. The number of hydrogen-bond acceptors (Lipinski definition) is 6. The molecule has 0 spiro atoms. The van der Waals surface area contributed by atoms with Gasteiger partial charge in [0, 0.05) is 68.2 Å². The van der Waals surface area contributed by atoms with Crippen molar-refractivity contribution < 1.29 is 4.74 Å². The summed E-state index contributed by atoms with van der Waals surface area (Å²) in [6.07, 6.45) is 4.52. The second-order valence-electron chi connectivity index (χ2n) is 9.58. The molecule has 0 bridgehead atoms. The van der Waals surface area contributed by atoms with E-state index in [9.17, 15) is 0 Å². The van der Waals surface area contributed by atoms with Crippen LogP contribution in [-0.4, -0.2) is 50.9 Å². The molecule has 0 saturated carbocycles. The van der Waals surface area contributed by atoms with Crippen molar-refractivity contribution in [2.75, 3.05) is 43.5 Å². The van der Waals surface area contributed by atoms with E-state index in [1.807, 2.05) is 30.5 Å². The van der Waals surface area contributed by atoms with Crippen LogP contribution >= 0.6 is 0 Å². The van der Waals surface area contributed by atoms with Crippen LogP contribution in [0.15, 0.2) is 54.7 Å². The van der Waals surface area contributed by atoms with Gasteiger partial charge in [-0.25, -0.2) is 0 Å². The Morgan fingerprint density at radius 3 is 2.29 bits per heavy atom. The maximum atomic E-state index is 9.15. The Bertz CT molecular complexity index is 1380. The molecular formula is C29H31N5O. The summed E-state index contributed by atoms with van der Waals surface area (Å²) < 4.78 is 5.90. The normalized spacial score (nSPS) is 19.3. The molecule has 3 heterocycles. The molecule has 1 N–H and O–H groups in total. The molecule has 1 saturated heterocycles. The van der Waals surface area contributed by atoms with E-state index < -0.39 is 0 Å². The lowest BCUT2D eigenvalue weighted by Crippen LogP contribution is -2.45. The zero-order valence-electron chi connectivity index (χ0n) is 20.7. The summed E-state index contributed by atoms with van der Waals surface area (Å²) >= 11 is 0. The van der Waals surface area contributed by atoms with Gasteiger partial charge >= 0.3 is 0 Å². The molecule has 178 valence electrons. The Hall–Kier alpha value is -3.82. The fraction of sp³-hybridized carbons (Fsp3) is 0.310. The summed E-state index contributed by atoms with van der Waals surface area (Å²) in [6.45, 7) is 6.77. The molecule has 2 aliphatic heterocycles. The molecule has 5 rings (SSSR count). The maximum absolute atomic E-state index is 9.15. The molecule has 0 unspecified atom stereocenters. The first kappa shape index (κ1) is 22.9. The smallest absolute Gasteiger partial charge is 0.0991 e. The number of anilines is 2. The first-order valence-electron chi connectivity index (χ1n) is 12.1. The first-order valence-corrected chi connectivity index (χ1v) is 12.1. The summed E-state index contributed by atoms with van der Waals surface area (Å²) in [5, 5.41) is 14.6. The summed E-state index contributed by atoms with van der Waals surface area (Å²) in [6, 6.07) is 18.7. The van der Waals surface area contributed by atoms with Crippen LogP contribution in [-0.2, 0) is 4.74 Å². The highest BCUT2D eigenvalue weighted by molar-refractivity contribution is 5.81. The maximum Gasteiger partial charge on any atom is 0.0991 e. The van der Waals surface area contributed by atoms with Gasteiger partial charge in [-0.05, 0) is 49.2 Å². The van der Waals surface area contributed by atoms with E-state index in [1.54, 1.807) is 0 Å². The minimum absolute atomic E-state index is 0.230. The highest BCUT2D eigenvalue weighted by Gasteiger charge is 2.22. The minimum Gasteiger partial charge on any atom is -0.386 e. The van der Waals surface area contributed by atoms with Gasteiger partial charge in [-0.2, -0.15) is 5.26 Å². The number of fused-ring (bicyclic) bond motifs is 1. The number of morpholine rings is 1. The number of rotatable bonds is 4. The Balaban J connectivity index is 1.57. The Morgan fingerprint density at radius 2 is 1.66 bits per heavy atom. The zero-order chi connectivity index (χ0) is 24.5. The lowest BCUT2D eigenvalue weighted by atomic mass is 9.98. The fourth-order valence-corrected chi connectivity index (χ4v) is 5.15. The molecule has 1 fully saturated rings. The molecule has 3 aromatic rings. The third-order valence-corrected chi connectivity index (χ3v) is 6.67. The van der Waals surface area contributed by atoms with Crippen LogP contribution in [0.4, 0.5) is 11.4 Å². The zero-order valence-corrected chi connectivity index (χ0v) is 20.7. The Morgan fingerprint density at radius 1 is 1.00 bits per heavy atom. The molecule has 6 nitrogen and oxygen atoms in total. The standard InChI is InChI=1S/C29H31N5O/c1-19-17-34(18-20(2)35-19)24-11-9-23(10-12-24)26-16-32-28-25(22-7-5-21(13-30)6-8-22)14-31-15-27(28)29(26)33(3)4/h5-12,15-16,19-20,31H,14,17-18H2,1-4H3/t19-,20+. The van der Waals surface area contributed by atoms with Crippen molar-refractivity contribution in [1.82, 2.24) is 10.3 Å². The lowest BCUT2D eigenvalue weighted by Gasteiger charge is -2.37. The summed E-state index contributed by atoms with van der Waals surface area (Å²) in [5.41, 5.74) is 7.46. The van der Waals surface area contributed by atoms with Gasteiger partial charge < -0.3 is 19.9 Å². The Kier molecular flexibility index (Phi) is 6.19. The summed E-state index contributed by atoms with van der Waals surface area (Å²) in [7, 11) is 4.15. The molecule has 6 heteroatoms. The van der Waals surface area contributed by atoms with Gasteiger partial charge in [0.15, 0.2) is 0 Å². The molecule has 0 amide bonds. The molecule has 1 aromatic heterocycles. The quantitative estimate of drug-likeness (QED) is 0.639. The topological polar surface area (TPSA) is 64.4 Å². The molecule has 2 atom stereocenters. The van der Waals surface area contributed by atoms with E-state index in [2.05, 4.69) is 79.6 Å². The van der Waals surface area contributed by atoms with Crippen LogP contribution in [0.3, 0.4) is 0 Å². The van der Waals surface area contributed by atoms with Crippen LogP contribution < -0.4 is 25.7 Å². The van der Waals surface area contributed by atoms with Crippen molar-refractivity contribution in [3.63, 3.8) is 0 Å². The van der Waals surface area contributed by atoms with Crippen LogP contribution in [0, 0.1) is 11.3 Å². The number of hydrogen-bond donors (Lipinski definition) is 1. The van der Waals surface area contributed by atoms with Gasteiger partial charge in [0.05, 0.1) is 34.9 Å². The number of nitrogens with one attached hydrogen (secondary N) is 1. The van der Waals surface area contributed by atoms with Crippen molar-refractivity contribution in [3.05, 3.63) is 76.4 Å². The van der Waals surface area contributed by atoms with Crippen molar-refractivity contribution in [3.8, 4) is 17.2 Å². The van der Waals surface area contributed by atoms with E-state index in [4.69, 9.17) is 15.0 Å². The average Bonchev–Trinajstić information content (AvgIpc) is 2.87. The molecule has 0 aliphatic carbocycles. The van der Waals surface area contributed by atoms with E-state index in [-0.39, 0.29) is 12.2 Å². The van der Waals surface area contributed by atoms with Gasteiger partial charge in [0.25, 0.3) is 0 Å². The van der Waals surface area contributed by atoms with Crippen molar-refractivity contribution in [2.45, 2.75) is 26.1 Å². The van der Waals surface area contributed by atoms with E-state index in [1.165, 1.54) is 5.69 Å². The predicted molar refractivity (Wildman–Crippen MR) is 142 cm³/mol. The molecule has 2 aliphatic rings. The van der Waals surface area contributed by atoms with E-state index in [0.29, 0.717) is 12.1 Å². The minimum atomic E-state index is 0.230. The highest BCUT2D eigenvalue weighted by atomic mass is 16.5. The van der Waals surface area contributed by atoms with Gasteiger partial charge in [-0.15, -0.1) is 0 Å². The molecule has 2 aromatic carbocycles. The van der Waals surface area contributed by atoms with Crippen LogP contribution in [0.2, 0.25) is 0 Å². The lowest BCUT2D eigenvalue weighted by molar-refractivity contribution is -0.00521. The third-order valence-electron chi connectivity index (χ3n) is 6.67.